The van der Waals surface area contributed by atoms with Crippen molar-refractivity contribution < 1.29 is 36.3 Å². The summed E-state index contributed by atoms with van der Waals surface area (Å²) in [5.74, 6) is -11.4. The highest BCUT2D eigenvalue weighted by Gasteiger charge is 2.36. The van der Waals surface area contributed by atoms with Crippen LogP contribution in [0.15, 0.2) is 53.5 Å². The Kier molecular flexibility index (Phi) is 8.60. The third-order valence-corrected chi connectivity index (χ3v) is 6.90. The lowest BCUT2D eigenvalue weighted by Gasteiger charge is -2.32. The number of halogens is 6. The Morgan fingerprint density at radius 2 is 1.59 bits per heavy atom. The van der Waals surface area contributed by atoms with Crippen molar-refractivity contribution in [1.82, 2.24) is 4.90 Å². The number of amidine groups is 1. The normalized spacial score (nSPS) is 16.4. The molecule has 0 bridgehead atoms. The van der Waals surface area contributed by atoms with Gasteiger partial charge in [-0.05, 0) is 48.5 Å². The molecule has 0 spiro atoms. The fourth-order valence-electron chi connectivity index (χ4n) is 3.44. The Balaban J connectivity index is 1.59. The monoisotopic (exact) mass is 584 g/mol. The summed E-state index contributed by atoms with van der Waals surface area (Å²) in [6, 6.07) is 12.6. The lowest BCUT2D eigenvalue weighted by atomic mass is 10.2. The van der Waals surface area contributed by atoms with E-state index in [2.05, 4.69) is 15.6 Å². The number of hydrogen-bond acceptors (Lipinski definition) is 6. The van der Waals surface area contributed by atoms with Gasteiger partial charge in [0.15, 0.2) is 28.4 Å². The van der Waals surface area contributed by atoms with Crippen molar-refractivity contribution in [2.75, 3.05) is 24.4 Å². The first-order valence-electron chi connectivity index (χ1n) is 11.1. The number of nitrogens with zero attached hydrogens (tertiary/aromatic N) is 2. The van der Waals surface area contributed by atoms with E-state index < -0.39 is 58.5 Å². The highest BCUT2D eigenvalue weighted by Crippen LogP contribution is 2.32. The van der Waals surface area contributed by atoms with Gasteiger partial charge in [0.1, 0.15) is 16.7 Å². The molecule has 1 fully saturated rings. The van der Waals surface area contributed by atoms with E-state index >= 15 is 0 Å². The molecule has 204 valence electrons. The van der Waals surface area contributed by atoms with Crippen molar-refractivity contribution in [2.45, 2.75) is 11.7 Å². The second-order valence-electron chi connectivity index (χ2n) is 8.00. The van der Waals surface area contributed by atoms with E-state index in [1.165, 1.54) is 31.4 Å². The molecule has 4 rings (SSSR count). The van der Waals surface area contributed by atoms with Crippen LogP contribution in [0.3, 0.4) is 0 Å². The number of hydrogen-bond donors (Lipinski definition) is 2. The molecule has 1 aliphatic rings. The average Bonchev–Trinajstić information content (AvgIpc) is 2.93. The fraction of sp³-hybridized carbons (Fsp3) is 0.160. The number of ether oxygens (including phenoxy) is 1. The average molecular weight is 585 g/mol. The first kappa shape index (κ1) is 28.2. The highest BCUT2D eigenvalue weighted by molar-refractivity contribution is 8.15. The van der Waals surface area contributed by atoms with Crippen molar-refractivity contribution in [3.63, 3.8) is 0 Å². The summed E-state index contributed by atoms with van der Waals surface area (Å²) < 4.78 is 74.1. The Morgan fingerprint density at radius 3 is 2.18 bits per heavy atom. The van der Waals surface area contributed by atoms with Gasteiger partial charge in [-0.15, -0.1) is 0 Å². The topological polar surface area (TPSA) is 83.0 Å². The Bertz CT molecular complexity index is 1410. The first-order valence-corrected chi connectivity index (χ1v) is 12.4. The van der Waals surface area contributed by atoms with Crippen molar-refractivity contribution in [3.8, 4) is 5.75 Å². The second-order valence-corrected chi connectivity index (χ2v) is 9.61. The fourth-order valence-corrected chi connectivity index (χ4v) is 4.66. The standard InChI is InChI=1S/C25H18ClF5N4O3S/c1-38-15-8-6-13(7-9-15)33-24(37)16-10-17(36)35(25(39-16)34-14-4-2-12(26)3-5-14)11-32-23-21(30)19(28)18(27)20(29)22(23)31/h2-9,16,32H,10-11H2,1H3,(H,33,37)/t16-/m0/s1. The van der Waals surface area contributed by atoms with Crippen molar-refractivity contribution in [1.29, 1.82) is 0 Å². The number of thioether (sulfide) groups is 1. The Morgan fingerprint density at radius 1 is 1.00 bits per heavy atom. The molecule has 0 aliphatic carbocycles. The molecule has 1 saturated heterocycles. The lowest BCUT2D eigenvalue weighted by molar-refractivity contribution is -0.129. The second kappa shape index (κ2) is 11.9. The van der Waals surface area contributed by atoms with Crippen LogP contribution < -0.4 is 15.4 Å². The quantitative estimate of drug-likeness (QED) is 0.200. The van der Waals surface area contributed by atoms with Crippen LogP contribution in [0.1, 0.15) is 6.42 Å². The largest absolute Gasteiger partial charge is 0.497 e. The van der Waals surface area contributed by atoms with E-state index in [-0.39, 0.29) is 11.6 Å². The maximum atomic E-state index is 14.2. The number of aliphatic imine (C=N–C) groups is 1. The van der Waals surface area contributed by atoms with Gasteiger partial charge in [-0.1, -0.05) is 23.4 Å². The molecule has 3 aromatic carbocycles. The number of carbonyl (C=O) groups excluding carboxylic acids is 2. The van der Waals surface area contributed by atoms with E-state index in [9.17, 15) is 31.5 Å². The van der Waals surface area contributed by atoms with Crippen LogP contribution in [0.4, 0.5) is 39.0 Å². The smallest absolute Gasteiger partial charge is 0.238 e. The molecule has 1 atom stereocenters. The van der Waals surface area contributed by atoms with Crippen LogP contribution in [0.2, 0.25) is 5.02 Å². The van der Waals surface area contributed by atoms with Crippen molar-refractivity contribution in [2.24, 2.45) is 4.99 Å². The molecule has 0 radical (unpaired) electrons. The van der Waals surface area contributed by atoms with Gasteiger partial charge in [0.2, 0.25) is 17.6 Å². The van der Waals surface area contributed by atoms with Gasteiger partial charge in [0.05, 0.1) is 19.5 Å². The first-order chi connectivity index (χ1) is 18.6. The van der Waals surface area contributed by atoms with Crippen LogP contribution in [-0.4, -0.2) is 40.9 Å². The van der Waals surface area contributed by atoms with Crippen LogP contribution in [-0.2, 0) is 9.59 Å². The maximum Gasteiger partial charge on any atom is 0.238 e. The summed E-state index contributed by atoms with van der Waals surface area (Å²) in [5.41, 5.74) is -0.540. The van der Waals surface area contributed by atoms with E-state index in [0.717, 1.165) is 16.7 Å². The molecule has 39 heavy (non-hydrogen) atoms. The number of methoxy groups -OCH3 is 1. The number of nitrogens with one attached hydrogen (secondary N) is 2. The highest BCUT2D eigenvalue weighted by atomic mass is 35.5. The molecular weight excluding hydrogens is 567 g/mol. The van der Waals surface area contributed by atoms with Gasteiger partial charge < -0.3 is 15.4 Å². The summed E-state index contributed by atoms with van der Waals surface area (Å²) in [7, 11) is 1.49. The summed E-state index contributed by atoms with van der Waals surface area (Å²) in [6.45, 7) is -0.705. The predicted octanol–water partition coefficient (Wildman–Crippen LogP) is 6.07. The van der Waals surface area contributed by atoms with Gasteiger partial charge in [0.25, 0.3) is 0 Å². The number of amides is 2. The molecule has 2 amide bonds. The van der Waals surface area contributed by atoms with E-state index in [1.807, 2.05) is 0 Å². The maximum absolute atomic E-state index is 14.2. The minimum Gasteiger partial charge on any atom is -0.497 e. The molecule has 7 nitrogen and oxygen atoms in total. The Hall–Kier alpha value is -3.84. The van der Waals surface area contributed by atoms with Crippen molar-refractivity contribution in [3.05, 3.63) is 82.6 Å². The van der Waals surface area contributed by atoms with Crippen molar-refractivity contribution >= 4 is 57.4 Å². The van der Waals surface area contributed by atoms with Crippen LogP contribution >= 0.6 is 23.4 Å². The Labute approximate surface area is 228 Å². The van der Waals surface area contributed by atoms with Crippen LogP contribution in [0, 0.1) is 29.1 Å². The molecule has 0 unspecified atom stereocenters. The van der Waals surface area contributed by atoms with E-state index in [0.29, 0.717) is 22.1 Å². The minimum atomic E-state index is -2.31. The van der Waals surface area contributed by atoms with Crippen LogP contribution in [0.25, 0.3) is 0 Å². The van der Waals surface area contributed by atoms with Gasteiger partial charge >= 0.3 is 0 Å². The molecule has 2 N–H and O–H groups in total. The zero-order valence-corrected chi connectivity index (χ0v) is 21.5. The molecule has 0 saturated carbocycles. The van der Waals surface area contributed by atoms with Crippen LogP contribution in [0.5, 0.6) is 5.75 Å². The summed E-state index contributed by atoms with van der Waals surface area (Å²) in [6.07, 6.45) is -0.342. The summed E-state index contributed by atoms with van der Waals surface area (Å²) >= 11 is 6.78. The van der Waals surface area contributed by atoms with E-state index in [4.69, 9.17) is 16.3 Å². The number of benzene rings is 3. The molecule has 0 aromatic heterocycles. The minimum absolute atomic E-state index is 0.0557. The van der Waals surface area contributed by atoms with Gasteiger partial charge in [-0.25, -0.2) is 26.9 Å². The molecular formula is C25H18ClF5N4O3S. The SMILES string of the molecule is COc1ccc(NC(=O)[C@@H]2CC(=O)N(CNc3c(F)c(F)c(F)c(F)c3F)C(=Nc3ccc(Cl)cc3)S2)cc1. The number of anilines is 2. The molecule has 1 aliphatic heterocycles. The molecule has 3 aromatic rings. The number of rotatable bonds is 7. The van der Waals surface area contributed by atoms with Gasteiger partial charge in [0, 0.05) is 17.1 Å². The lowest BCUT2D eigenvalue weighted by Crippen LogP contribution is -2.47. The summed E-state index contributed by atoms with van der Waals surface area (Å²) in [5, 5.41) is 4.19. The molecule has 1 heterocycles. The zero-order chi connectivity index (χ0) is 28.3. The molecule has 14 heteroatoms. The third kappa shape index (κ3) is 6.25. The zero-order valence-electron chi connectivity index (χ0n) is 19.9. The van der Waals surface area contributed by atoms with E-state index in [1.54, 1.807) is 24.3 Å². The third-order valence-electron chi connectivity index (χ3n) is 5.46. The summed E-state index contributed by atoms with van der Waals surface area (Å²) in [4.78, 5) is 31.3. The number of carbonyl (C=O) groups is 2. The predicted molar refractivity (Wildman–Crippen MR) is 138 cm³/mol. The van der Waals surface area contributed by atoms with Gasteiger partial charge in [-0.3, -0.25) is 14.5 Å². The van der Waals surface area contributed by atoms with Gasteiger partial charge in [-0.2, -0.15) is 0 Å².